The van der Waals surface area contributed by atoms with Crippen LogP contribution in [0.2, 0.25) is 0 Å². The molecule has 0 radical (unpaired) electrons. The molecule has 0 saturated heterocycles. The number of rotatable bonds is 6. The van der Waals surface area contributed by atoms with Crippen molar-refractivity contribution in [3.63, 3.8) is 0 Å². The molecular formula is C20H23N3O3S. The number of hydrogen-bond acceptors (Lipinski definition) is 4. The summed E-state index contributed by atoms with van der Waals surface area (Å²) in [6, 6.07) is 14.5. The quantitative estimate of drug-likeness (QED) is 0.800. The zero-order chi connectivity index (χ0) is 19.4. The number of nitrogens with one attached hydrogen (secondary N) is 2. The third-order valence-corrected chi connectivity index (χ3v) is 6.04. The van der Waals surface area contributed by atoms with Gasteiger partial charge in [-0.15, -0.1) is 0 Å². The Morgan fingerprint density at radius 1 is 1.15 bits per heavy atom. The summed E-state index contributed by atoms with van der Waals surface area (Å²) in [5.74, 6) is 0.615. The molecule has 0 fully saturated rings. The Kier molecular flexibility index (Phi) is 5.60. The first-order valence-corrected chi connectivity index (χ1v) is 10.5. The van der Waals surface area contributed by atoms with Crippen LogP contribution in [0.3, 0.4) is 0 Å². The lowest BCUT2D eigenvalue weighted by Gasteiger charge is -2.10. The van der Waals surface area contributed by atoms with Crippen LogP contribution in [0, 0.1) is 0 Å². The topological polar surface area (TPSA) is 87.6 Å². The molecule has 1 unspecified atom stereocenters. The van der Waals surface area contributed by atoms with Gasteiger partial charge >= 0.3 is 0 Å². The number of amides is 1. The van der Waals surface area contributed by atoms with Gasteiger partial charge in [0.1, 0.15) is 5.84 Å². The standard InChI is InChI=1S/C20H23N3O3S/c1-3-14(2)15-8-10-16(11-9-15)22-19(24)12-13-21-20-17-6-4-5-7-18(17)27(25,26)23-20/h4-11,14H,3,12-13H2,1-2H3,(H,21,23)(H,22,24). The number of carbonyl (C=O) groups is 1. The molecule has 7 heteroatoms. The molecule has 27 heavy (non-hydrogen) atoms. The van der Waals surface area contributed by atoms with E-state index in [9.17, 15) is 13.2 Å². The Morgan fingerprint density at radius 3 is 2.56 bits per heavy atom. The van der Waals surface area contributed by atoms with E-state index in [0.717, 1.165) is 12.1 Å². The normalized spacial score (nSPS) is 17.2. The van der Waals surface area contributed by atoms with Gasteiger partial charge in [0.2, 0.25) is 5.91 Å². The largest absolute Gasteiger partial charge is 0.326 e. The molecule has 6 nitrogen and oxygen atoms in total. The van der Waals surface area contributed by atoms with Crippen LogP contribution < -0.4 is 10.0 Å². The van der Waals surface area contributed by atoms with Crippen LogP contribution in [0.25, 0.3) is 0 Å². The predicted molar refractivity (Wildman–Crippen MR) is 107 cm³/mol. The highest BCUT2D eigenvalue weighted by molar-refractivity contribution is 7.90. The molecule has 0 bridgehead atoms. The summed E-state index contributed by atoms with van der Waals surface area (Å²) < 4.78 is 26.5. The monoisotopic (exact) mass is 385 g/mol. The third kappa shape index (κ3) is 4.36. The molecule has 2 aromatic carbocycles. The molecule has 1 heterocycles. The lowest BCUT2D eigenvalue weighted by Crippen LogP contribution is -2.23. The highest BCUT2D eigenvalue weighted by atomic mass is 32.2. The minimum atomic E-state index is -3.55. The molecule has 142 valence electrons. The first-order valence-electron chi connectivity index (χ1n) is 8.97. The molecule has 1 atom stereocenters. The lowest BCUT2D eigenvalue weighted by atomic mass is 9.99. The van der Waals surface area contributed by atoms with E-state index in [2.05, 4.69) is 28.9 Å². The molecule has 2 N–H and O–H groups in total. The van der Waals surface area contributed by atoms with Crippen molar-refractivity contribution in [3.05, 3.63) is 59.7 Å². The zero-order valence-electron chi connectivity index (χ0n) is 15.4. The van der Waals surface area contributed by atoms with Gasteiger partial charge in [-0.3, -0.25) is 14.5 Å². The summed E-state index contributed by atoms with van der Waals surface area (Å²) in [4.78, 5) is 16.6. The maximum atomic E-state index is 12.1. The third-order valence-electron chi connectivity index (χ3n) is 4.65. The van der Waals surface area contributed by atoms with Crippen LogP contribution >= 0.6 is 0 Å². The average molecular weight is 385 g/mol. The second-order valence-electron chi connectivity index (χ2n) is 6.56. The smallest absolute Gasteiger partial charge is 0.263 e. The van der Waals surface area contributed by atoms with E-state index in [-0.39, 0.29) is 29.6 Å². The van der Waals surface area contributed by atoms with Crippen molar-refractivity contribution in [3.8, 4) is 0 Å². The van der Waals surface area contributed by atoms with Crippen molar-refractivity contribution in [2.45, 2.75) is 37.5 Å². The van der Waals surface area contributed by atoms with Gasteiger partial charge in [-0.1, -0.05) is 38.1 Å². The van der Waals surface area contributed by atoms with Crippen molar-refractivity contribution >= 4 is 27.5 Å². The maximum absolute atomic E-state index is 12.1. The molecular weight excluding hydrogens is 362 g/mol. The van der Waals surface area contributed by atoms with E-state index in [1.807, 2.05) is 24.3 Å². The fourth-order valence-electron chi connectivity index (χ4n) is 2.87. The first kappa shape index (κ1) is 19.1. The molecule has 0 aliphatic carbocycles. The van der Waals surface area contributed by atoms with E-state index in [1.54, 1.807) is 18.2 Å². The number of amidine groups is 1. The number of anilines is 1. The fourth-order valence-corrected chi connectivity index (χ4v) is 4.13. The SMILES string of the molecule is CCC(C)c1ccc(NC(=O)CCN=C2NS(=O)(=O)c3ccccc32)cc1. The minimum absolute atomic E-state index is 0.162. The Hall–Kier alpha value is -2.67. The molecule has 3 rings (SSSR count). The first-order chi connectivity index (χ1) is 12.9. The van der Waals surface area contributed by atoms with Gasteiger partial charge in [-0.2, -0.15) is 0 Å². The number of nitrogens with zero attached hydrogens (tertiary/aromatic N) is 1. The number of benzene rings is 2. The Bertz CT molecular complexity index is 966. The summed E-state index contributed by atoms with van der Waals surface area (Å²) in [6.45, 7) is 4.51. The van der Waals surface area contributed by atoms with Crippen LogP contribution in [0.4, 0.5) is 5.69 Å². The van der Waals surface area contributed by atoms with E-state index in [0.29, 0.717) is 11.5 Å². The maximum Gasteiger partial charge on any atom is 0.263 e. The van der Waals surface area contributed by atoms with Crippen LogP contribution in [0.5, 0.6) is 0 Å². The molecule has 2 aromatic rings. The molecule has 0 saturated carbocycles. The van der Waals surface area contributed by atoms with Crippen LogP contribution in [-0.2, 0) is 14.8 Å². The number of carbonyl (C=O) groups excluding carboxylic acids is 1. The van der Waals surface area contributed by atoms with Crippen molar-refractivity contribution in [2.24, 2.45) is 4.99 Å². The summed E-state index contributed by atoms with van der Waals surface area (Å²) in [6.07, 6.45) is 1.24. The van der Waals surface area contributed by atoms with E-state index >= 15 is 0 Å². The van der Waals surface area contributed by atoms with Gasteiger partial charge in [0, 0.05) is 17.7 Å². The van der Waals surface area contributed by atoms with Gasteiger partial charge in [-0.25, -0.2) is 8.42 Å². The van der Waals surface area contributed by atoms with Gasteiger partial charge in [-0.05, 0) is 42.2 Å². The van der Waals surface area contributed by atoms with Gasteiger partial charge in [0.15, 0.2) is 0 Å². The number of hydrogen-bond donors (Lipinski definition) is 2. The Morgan fingerprint density at radius 2 is 1.85 bits per heavy atom. The average Bonchev–Trinajstić information content (AvgIpc) is 2.92. The Labute approximate surface area is 159 Å². The van der Waals surface area contributed by atoms with E-state index < -0.39 is 10.0 Å². The van der Waals surface area contributed by atoms with Crippen molar-refractivity contribution in [1.29, 1.82) is 0 Å². The van der Waals surface area contributed by atoms with E-state index in [1.165, 1.54) is 11.6 Å². The van der Waals surface area contributed by atoms with Crippen molar-refractivity contribution < 1.29 is 13.2 Å². The summed E-state index contributed by atoms with van der Waals surface area (Å²) in [5.41, 5.74) is 2.53. The lowest BCUT2D eigenvalue weighted by molar-refractivity contribution is -0.116. The van der Waals surface area contributed by atoms with Gasteiger partial charge in [0.25, 0.3) is 10.0 Å². The fraction of sp³-hybridized carbons (Fsp3) is 0.300. The van der Waals surface area contributed by atoms with Crippen LogP contribution in [0.1, 0.15) is 43.7 Å². The van der Waals surface area contributed by atoms with Crippen LogP contribution in [0.15, 0.2) is 58.4 Å². The summed E-state index contributed by atoms with van der Waals surface area (Å²) in [7, 11) is -3.55. The molecule has 1 aliphatic rings. The minimum Gasteiger partial charge on any atom is -0.326 e. The van der Waals surface area contributed by atoms with E-state index in [4.69, 9.17) is 0 Å². The summed E-state index contributed by atoms with van der Waals surface area (Å²) >= 11 is 0. The predicted octanol–water partition coefficient (Wildman–Crippen LogP) is 3.27. The zero-order valence-corrected chi connectivity index (χ0v) is 16.2. The number of sulfonamides is 1. The highest BCUT2D eigenvalue weighted by Gasteiger charge is 2.29. The molecule has 1 amide bonds. The van der Waals surface area contributed by atoms with Crippen molar-refractivity contribution in [2.75, 3.05) is 11.9 Å². The Balaban J connectivity index is 1.58. The molecule has 0 spiro atoms. The number of aliphatic imine (C=N–C) groups is 1. The summed E-state index contributed by atoms with van der Waals surface area (Å²) in [5, 5.41) is 2.84. The van der Waals surface area contributed by atoms with Crippen molar-refractivity contribution in [1.82, 2.24) is 4.72 Å². The van der Waals surface area contributed by atoms with Gasteiger partial charge in [0.05, 0.1) is 11.4 Å². The highest BCUT2D eigenvalue weighted by Crippen LogP contribution is 2.22. The van der Waals surface area contributed by atoms with Gasteiger partial charge < -0.3 is 5.32 Å². The second kappa shape index (κ2) is 7.92. The number of fused-ring (bicyclic) bond motifs is 1. The van der Waals surface area contributed by atoms with Crippen LogP contribution in [-0.4, -0.2) is 26.7 Å². The molecule has 0 aromatic heterocycles. The molecule has 1 aliphatic heterocycles. The second-order valence-corrected chi connectivity index (χ2v) is 8.21.